The van der Waals surface area contributed by atoms with E-state index in [-0.39, 0.29) is 19.1 Å². The van der Waals surface area contributed by atoms with Gasteiger partial charge in [-0.1, -0.05) is 12.1 Å². The first-order valence-electron chi connectivity index (χ1n) is 7.45. The van der Waals surface area contributed by atoms with E-state index in [2.05, 4.69) is 6.07 Å². The first kappa shape index (κ1) is 17.7. The summed E-state index contributed by atoms with van der Waals surface area (Å²) in [6.45, 7) is 0.319. The van der Waals surface area contributed by atoms with Gasteiger partial charge in [-0.05, 0) is 30.5 Å². The Morgan fingerprint density at radius 2 is 1.96 bits per heavy atom. The zero-order valence-electron chi connectivity index (χ0n) is 12.5. The van der Waals surface area contributed by atoms with Crippen LogP contribution in [0.2, 0.25) is 0 Å². The van der Waals surface area contributed by atoms with Crippen molar-refractivity contribution in [3.8, 4) is 6.07 Å². The lowest BCUT2D eigenvalue weighted by molar-refractivity contribution is -0.137. The number of piperidine rings is 1. The summed E-state index contributed by atoms with van der Waals surface area (Å²) in [4.78, 5) is 1.90. The molecule has 0 saturated carbocycles. The van der Waals surface area contributed by atoms with E-state index in [9.17, 15) is 23.4 Å². The zero-order chi connectivity index (χ0) is 17.0. The van der Waals surface area contributed by atoms with E-state index in [1.807, 2.05) is 4.90 Å². The Hall–Kier alpha value is -1.62. The summed E-state index contributed by atoms with van der Waals surface area (Å²) in [6.07, 6.45) is -3.89. The maximum atomic E-state index is 12.7. The van der Waals surface area contributed by atoms with E-state index in [0.29, 0.717) is 24.9 Å². The molecule has 0 radical (unpaired) electrons. The van der Waals surface area contributed by atoms with Crippen molar-refractivity contribution in [2.45, 2.75) is 43.6 Å². The number of aliphatic hydroxyl groups excluding tert-OH is 2. The summed E-state index contributed by atoms with van der Waals surface area (Å²) in [5, 5.41) is 28.3. The number of hydrogen-bond donors (Lipinski definition) is 2. The Balaban J connectivity index is 2.25. The number of nitrogens with zero attached hydrogens (tertiary/aromatic N) is 2. The van der Waals surface area contributed by atoms with Gasteiger partial charge in [-0.25, -0.2) is 0 Å². The lowest BCUT2D eigenvalue weighted by Crippen LogP contribution is -2.47. The Morgan fingerprint density at radius 3 is 2.48 bits per heavy atom. The summed E-state index contributed by atoms with van der Waals surface area (Å²) in [5.74, 6) is 0. The van der Waals surface area contributed by atoms with Crippen LogP contribution in [0.1, 0.15) is 36.4 Å². The van der Waals surface area contributed by atoms with Crippen molar-refractivity contribution in [1.29, 1.82) is 5.26 Å². The molecule has 126 valence electrons. The molecule has 1 aromatic carbocycles. The second-order valence-corrected chi connectivity index (χ2v) is 5.75. The molecule has 1 aliphatic rings. The zero-order valence-corrected chi connectivity index (χ0v) is 12.5. The highest BCUT2D eigenvalue weighted by atomic mass is 19.4. The third-order valence-electron chi connectivity index (χ3n) is 4.25. The summed E-state index contributed by atoms with van der Waals surface area (Å²) in [7, 11) is 0. The van der Waals surface area contributed by atoms with Crippen LogP contribution in [0.15, 0.2) is 24.3 Å². The van der Waals surface area contributed by atoms with Gasteiger partial charge in [0.15, 0.2) is 0 Å². The van der Waals surface area contributed by atoms with E-state index in [4.69, 9.17) is 5.26 Å². The van der Waals surface area contributed by atoms with E-state index in [0.717, 1.165) is 12.1 Å². The van der Waals surface area contributed by atoms with Gasteiger partial charge in [-0.2, -0.15) is 18.4 Å². The molecule has 1 saturated heterocycles. The summed E-state index contributed by atoms with van der Waals surface area (Å²) in [6, 6.07) is 6.13. The van der Waals surface area contributed by atoms with Gasteiger partial charge in [0.25, 0.3) is 0 Å². The number of nitriles is 1. The van der Waals surface area contributed by atoms with Crippen LogP contribution in [0, 0.1) is 11.3 Å². The Morgan fingerprint density at radius 1 is 1.30 bits per heavy atom. The van der Waals surface area contributed by atoms with Crippen LogP contribution < -0.4 is 0 Å². The number of aliphatic hydroxyl groups is 2. The first-order valence-corrected chi connectivity index (χ1v) is 7.45. The van der Waals surface area contributed by atoms with Gasteiger partial charge >= 0.3 is 6.18 Å². The molecular weight excluding hydrogens is 309 g/mol. The van der Waals surface area contributed by atoms with Crippen LogP contribution in [0.3, 0.4) is 0 Å². The Labute approximate surface area is 132 Å². The fourth-order valence-corrected chi connectivity index (χ4v) is 3.05. The lowest BCUT2D eigenvalue weighted by atomic mass is 9.93. The number of halogens is 3. The molecule has 2 N–H and O–H groups in total. The second-order valence-electron chi connectivity index (χ2n) is 5.75. The topological polar surface area (TPSA) is 67.5 Å². The number of alkyl halides is 3. The van der Waals surface area contributed by atoms with Crippen molar-refractivity contribution < 1.29 is 23.4 Å². The van der Waals surface area contributed by atoms with Gasteiger partial charge in [0.2, 0.25) is 0 Å². The molecule has 0 aromatic heterocycles. The largest absolute Gasteiger partial charge is 0.416 e. The molecule has 1 heterocycles. The average Bonchev–Trinajstić information content (AvgIpc) is 2.52. The van der Waals surface area contributed by atoms with Gasteiger partial charge in [0.1, 0.15) is 0 Å². The van der Waals surface area contributed by atoms with Gasteiger partial charge in [0.05, 0.1) is 30.8 Å². The quantitative estimate of drug-likeness (QED) is 0.891. The molecule has 1 aromatic rings. The molecule has 4 nitrogen and oxygen atoms in total. The molecule has 7 heteroatoms. The van der Waals surface area contributed by atoms with Crippen molar-refractivity contribution in [1.82, 2.24) is 4.90 Å². The molecule has 23 heavy (non-hydrogen) atoms. The van der Waals surface area contributed by atoms with E-state index < -0.39 is 23.9 Å². The molecule has 1 fully saturated rings. The average molecular weight is 328 g/mol. The Kier molecular flexibility index (Phi) is 5.63. The van der Waals surface area contributed by atoms with Crippen LogP contribution >= 0.6 is 0 Å². The molecule has 0 amide bonds. The number of likely N-dealkylation sites (tertiary alicyclic amines) is 1. The van der Waals surface area contributed by atoms with E-state index in [1.54, 1.807) is 0 Å². The molecule has 0 spiro atoms. The summed E-state index contributed by atoms with van der Waals surface area (Å²) in [5.41, 5.74) is -0.126. The minimum atomic E-state index is -4.40. The molecule has 0 aliphatic carbocycles. The van der Waals surface area contributed by atoms with Crippen molar-refractivity contribution in [2.75, 3.05) is 13.2 Å². The molecule has 2 rings (SSSR count). The van der Waals surface area contributed by atoms with E-state index >= 15 is 0 Å². The van der Waals surface area contributed by atoms with Crippen LogP contribution in [0.4, 0.5) is 13.2 Å². The minimum absolute atomic E-state index is 0.109. The normalized spacial score (nSPS) is 24.2. The van der Waals surface area contributed by atoms with Crippen molar-refractivity contribution >= 4 is 0 Å². The van der Waals surface area contributed by atoms with Crippen molar-refractivity contribution in [2.24, 2.45) is 0 Å². The highest BCUT2D eigenvalue weighted by Gasteiger charge is 2.34. The summed E-state index contributed by atoms with van der Waals surface area (Å²) < 4.78 is 38.0. The third kappa shape index (κ3) is 4.22. The first-order chi connectivity index (χ1) is 10.9. The van der Waals surface area contributed by atoms with E-state index in [1.165, 1.54) is 12.1 Å². The van der Waals surface area contributed by atoms with Crippen LogP contribution in [0.25, 0.3) is 0 Å². The predicted molar refractivity (Wildman–Crippen MR) is 77.2 cm³/mol. The van der Waals surface area contributed by atoms with Gasteiger partial charge in [-0.3, -0.25) is 4.90 Å². The maximum Gasteiger partial charge on any atom is 0.416 e. The van der Waals surface area contributed by atoms with Crippen molar-refractivity contribution in [3.63, 3.8) is 0 Å². The second kappa shape index (κ2) is 7.30. The number of benzene rings is 1. The van der Waals surface area contributed by atoms with Crippen LogP contribution in [-0.4, -0.2) is 40.4 Å². The third-order valence-corrected chi connectivity index (χ3v) is 4.25. The molecule has 1 aliphatic heterocycles. The van der Waals surface area contributed by atoms with Crippen LogP contribution in [-0.2, 0) is 6.18 Å². The fraction of sp³-hybridized carbons (Fsp3) is 0.562. The number of hydrogen-bond acceptors (Lipinski definition) is 4. The van der Waals surface area contributed by atoms with Gasteiger partial charge < -0.3 is 10.2 Å². The highest BCUT2D eigenvalue weighted by Crippen LogP contribution is 2.34. The fourth-order valence-electron chi connectivity index (χ4n) is 3.05. The van der Waals surface area contributed by atoms with Crippen molar-refractivity contribution in [3.05, 3.63) is 35.4 Å². The van der Waals surface area contributed by atoms with Gasteiger partial charge in [-0.15, -0.1) is 0 Å². The van der Waals surface area contributed by atoms with Gasteiger partial charge in [0, 0.05) is 18.6 Å². The highest BCUT2D eigenvalue weighted by molar-refractivity contribution is 5.27. The molecule has 0 bridgehead atoms. The molecule has 3 atom stereocenters. The molecule has 3 unspecified atom stereocenters. The van der Waals surface area contributed by atoms with Crippen LogP contribution in [0.5, 0.6) is 0 Å². The minimum Gasteiger partial charge on any atom is -0.395 e. The predicted octanol–water partition coefficient (Wildman–Crippen LogP) is 2.48. The smallest absolute Gasteiger partial charge is 0.395 e. The SMILES string of the molecule is N#CCC(c1ccc(C(F)(F)F)cc1)N1CCC(O)CC1CO. The maximum absolute atomic E-state index is 12.7. The monoisotopic (exact) mass is 328 g/mol. The molecular formula is C16H19F3N2O2. The number of rotatable bonds is 4. The standard InChI is InChI=1S/C16H19F3N2O2/c17-16(18,19)12-3-1-11(2-4-12)15(5-7-20)21-8-6-14(23)9-13(21)10-22/h1-4,13-15,22-23H,5-6,8-10H2. The summed E-state index contributed by atoms with van der Waals surface area (Å²) >= 11 is 0. The Bertz CT molecular complexity index is 554. The lowest BCUT2D eigenvalue weighted by Gasteiger charge is -2.41.